The third kappa shape index (κ3) is 2.76. The van der Waals surface area contributed by atoms with Gasteiger partial charge in [0.1, 0.15) is 0 Å². The van der Waals surface area contributed by atoms with Gasteiger partial charge in [0.05, 0.1) is 16.9 Å². The first-order valence-electron chi connectivity index (χ1n) is 7.24. The molecule has 0 fully saturated rings. The van der Waals surface area contributed by atoms with Gasteiger partial charge in [-0.1, -0.05) is 6.08 Å². The van der Waals surface area contributed by atoms with Crippen LogP contribution >= 0.6 is 0 Å². The lowest BCUT2D eigenvalue weighted by atomic mass is 10.2. The fourth-order valence-electron chi connectivity index (χ4n) is 2.40. The average molecular weight is 307 g/mol. The Kier molecular flexibility index (Phi) is 3.23. The van der Waals surface area contributed by atoms with E-state index in [1.54, 1.807) is 24.4 Å². The Morgan fingerprint density at radius 2 is 2.17 bits per heavy atom. The molecule has 3 aromatic rings. The Balaban J connectivity index is 1.63. The molecule has 2 aromatic heterocycles. The molecule has 1 aliphatic heterocycles. The number of aromatic nitrogens is 3. The lowest BCUT2D eigenvalue weighted by Crippen LogP contribution is -2.00. The number of fused-ring (bicyclic) bond motifs is 1. The van der Waals surface area contributed by atoms with Crippen LogP contribution in [0.2, 0.25) is 0 Å². The zero-order chi connectivity index (χ0) is 15.6. The van der Waals surface area contributed by atoms with Crippen molar-refractivity contribution >= 4 is 34.6 Å². The van der Waals surface area contributed by atoms with E-state index in [2.05, 4.69) is 31.3 Å². The molecule has 7 heteroatoms. The van der Waals surface area contributed by atoms with Crippen LogP contribution in [0, 0.1) is 0 Å². The summed E-state index contributed by atoms with van der Waals surface area (Å²) in [6.45, 7) is 0. The van der Waals surface area contributed by atoms with Crippen LogP contribution in [0.3, 0.4) is 0 Å². The molecule has 0 atom stereocenters. The summed E-state index contributed by atoms with van der Waals surface area (Å²) in [6.07, 6.45) is 7.58. The molecule has 0 saturated heterocycles. The molecule has 0 unspecified atom stereocenters. The van der Waals surface area contributed by atoms with E-state index in [9.17, 15) is 4.79 Å². The van der Waals surface area contributed by atoms with E-state index >= 15 is 0 Å². The number of anilines is 2. The van der Waals surface area contributed by atoms with Crippen LogP contribution in [-0.2, 0) is 0 Å². The van der Waals surface area contributed by atoms with Gasteiger partial charge in [-0.05, 0) is 37.1 Å². The lowest BCUT2D eigenvalue weighted by Gasteiger charge is -2.08. The third-order valence-corrected chi connectivity index (χ3v) is 3.46. The topological polar surface area (TPSA) is 96.2 Å². The van der Waals surface area contributed by atoms with Crippen LogP contribution in [0.1, 0.15) is 18.5 Å². The average Bonchev–Trinajstić information content (AvgIpc) is 2.95. The van der Waals surface area contributed by atoms with Gasteiger partial charge in [-0.25, -0.2) is 14.8 Å². The standard InChI is InChI=1S/C16H13N5O2/c22-16-21-13-9-10(4-5-14(13)23-16)19-15-18-8-6-12(20-15)11-3-1-2-7-17-11/h3-9H,1-2H2,(H,21,22)(H,18,19,20). The van der Waals surface area contributed by atoms with Crippen LogP contribution in [0.25, 0.3) is 16.8 Å². The van der Waals surface area contributed by atoms with E-state index in [-0.39, 0.29) is 0 Å². The number of benzene rings is 1. The number of aromatic amines is 1. The number of hydrogen-bond donors (Lipinski definition) is 2. The Morgan fingerprint density at radius 1 is 1.22 bits per heavy atom. The summed E-state index contributed by atoms with van der Waals surface area (Å²) in [6, 6.07) is 7.12. The second kappa shape index (κ2) is 5.53. The molecule has 7 nitrogen and oxygen atoms in total. The molecule has 2 N–H and O–H groups in total. The summed E-state index contributed by atoms with van der Waals surface area (Å²) in [4.78, 5) is 26.9. The van der Waals surface area contributed by atoms with Crippen molar-refractivity contribution in [3.63, 3.8) is 0 Å². The molecule has 114 valence electrons. The third-order valence-electron chi connectivity index (χ3n) is 3.46. The van der Waals surface area contributed by atoms with Crippen molar-refractivity contribution in [2.75, 3.05) is 5.32 Å². The Bertz CT molecular complexity index is 983. The molecule has 0 saturated carbocycles. The molecule has 4 rings (SSSR count). The Morgan fingerprint density at radius 3 is 3.04 bits per heavy atom. The number of rotatable bonds is 3. The summed E-state index contributed by atoms with van der Waals surface area (Å²) < 4.78 is 4.98. The maximum atomic E-state index is 11.2. The number of hydrogen-bond acceptors (Lipinski definition) is 6. The summed E-state index contributed by atoms with van der Waals surface area (Å²) in [5, 5.41) is 3.12. The van der Waals surface area contributed by atoms with Gasteiger partial charge >= 0.3 is 5.76 Å². The van der Waals surface area contributed by atoms with E-state index in [4.69, 9.17) is 4.42 Å². The number of nitrogens with one attached hydrogen (secondary N) is 2. The van der Waals surface area contributed by atoms with E-state index in [1.807, 2.05) is 12.3 Å². The van der Waals surface area contributed by atoms with E-state index in [1.165, 1.54) is 0 Å². The van der Waals surface area contributed by atoms with Crippen LogP contribution in [0.4, 0.5) is 11.6 Å². The van der Waals surface area contributed by atoms with Crippen molar-refractivity contribution in [2.45, 2.75) is 12.8 Å². The van der Waals surface area contributed by atoms with Crippen molar-refractivity contribution in [1.29, 1.82) is 0 Å². The molecule has 0 bridgehead atoms. The smallest absolute Gasteiger partial charge is 0.408 e. The predicted molar refractivity (Wildman–Crippen MR) is 87.9 cm³/mol. The van der Waals surface area contributed by atoms with Gasteiger partial charge in [0, 0.05) is 18.1 Å². The second-order valence-electron chi connectivity index (χ2n) is 5.09. The second-order valence-corrected chi connectivity index (χ2v) is 5.09. The zero-order valence-corrected chi connectivity index (χ0v) is 12.1. The van der Waals surface area contributed by atoms with Gasteiger partial charge in [0.15, 0.2) is 5.58 Å². The summed E-state index contributed by atoms with van der Waals surface area (Å²) in [7, 11) is 0. The highest BCUT2D eigenvalue weighted by Gasteiger charge is 2.07. The first kappa shape index (κ1) is 13.4. The van der Waals surface area contributed by atoms with Gasteiger partial charge in [-0.15, -0.1) is 0 Å². The monoisotopic (exact) mass is 307 g/mol. The predicted octanol–water partition coefficient (Wildman–Crippen LogP) is 2.86. The molecule has 0 amide bonds. The van der Waals surface area contributed by atoms with Crippen LogP contribution in [0.15, 0.2) is 50.7 Å². The number of allylic oxidation sites excluding steroid dienone is 1. The van der Waals surface area contributed by atoms with Crippen molar-refractivity contribution in [2.24, 2.45) is 4.99 Å². The van der Waals surface area contributed by atoms with Crippen LogP contribution in [0.5, 0.6) is 0 Å². The number of H-pyrrole nitrogens is 1. The van der Waals surface area contributed by atoms with Crippen molar-refractivity contribution < 1.29 is 4.42 Å². The zero-order valence-electron chi connectivity index (χ0n) is 12.1. The molecule has 1 aliphatic rings. The number of oxazole rings is 1. The maximum Gasteiger partial charge on any atom is 0.417 e. The fraction of sp³-hybridized carbons (Fsp3) is 0.125. The highest BCUT2D eigenvalue weighted by Crippen LogP contribution is 2.21. The van der Waals surface area contributed by atoms with E-state index in [0.29, 0.717) is 17.0 Å². The Hall–Kier alpha value is -3.22. The summed E-state index contributed by atoms with van der Waals surface area (Å²) >= 11 is 0. The normalized spacial score (nSPS) is 14.0. The van der Waals surface area contributed by atoms with Gasteiger partial charge < -0.3 is 9.73 Å². The molecule has 0 spiro atoms. The van der Waals surface area contributed by atoms with Gasteiger partial charge in [0.2, 0.25) is 5.95 Å². The number of aliphatic imine (C=N–C) groups is 1. The summed E-state index contributed by atoms with van der Waals surface area (Å²) in [5.74, 6) is -0.00754. The Labute approximate surface area is 130 Å². The molecule has 23 heavy (non-hydrogen) atoms. The van der Waals surface area contributed by atoms with Crippen molar-refractivity contribution in [3.05, 3.63) is 52.8 Å². The van der Waals surface area contributed by atoms with Gasteiger partial charge in [-0.2, -0.15) is 0 Å². The SMILES string of the molecule is O=c1[nH]c2cc(Nc3nccc(C4=CCCC=N4)n3)ccc2o1. The maximum absolute atomic E-state index is 11.2. The molecular weight excluding hydrogens is 294 g/mol. The van der Waals surface area contributed by atoms with Crippen molar-refractivity contribution in [1.82, 2.24) is 15.0 Å². The van der Waals surface area contributed by atoms with E-state index in [0.717, 1.165) is 29.9 Å². The largest absolute Gasteiger partial charge is 0.417 e. The molecule has 0 aliphatic carbocycles. The highest BCUT2D eigenvalue weighted by atomic mass is 16.4. The first-order valence-corrected chi connectivity index (χ1v) is 7.24. The molecule has 0 radical (unpaired) electrons. The van der Waals surface area contributed by atoms with Crippen LogP contribution in [-0.4, -0.2) is 21.2 Å². The quantitative estimate of drug-likeness (QED) is 0.775. The molecule has 1 aromatic carbocycles. The van der Waals surface area contributed by atoms with E-state index < -0.39 is 5.76 Å². The summed E-state index contributed by atoms with van der Waals surface area (Å²) in [5.41, 5.74) is 3.52. The van der Waals surface area contributed by atoms with Gasteiger partial charge in [0.25, 0.3) is 0 Å². The minimum absolute atomic E-state index is 0.467. The first-order chi connectivity index (χ1) is 11.3. The van der Waals surface area contributed by atoms with Crippen LogP contribution < -0.4 is 11.1 Å². The minimum atomic E-state index is -0.475. The number of nitrogens with zero attached hydrogens (tertiary/aromatic N) is 3. The van der Waals surface area contributed by atoms with Crippen molar-refractivity contribution in [3.8, 4) is 0 Å². The van der Waals surface area contributed by atoms with Gasteiger partial charge in [-0.3, -0.25) is 9.98 Å². The molecular formula is C16H13N5O2. The highest BCUT2D eigenvalue weighted by molar-refractivity contribution is 5.78. The lowest BCUT2D eigenvalue weighted by molar-refractivity contribution is 0.555. The fourth-order valence-corrected chi connectivity index (χ4v) is 2.40. The minimum Gasteiger partial charge on any atom is -0.408 e. The molecule has 3 heterocycles.